The summed E-state index contributed by atoms with van der Waals surface area (Å²) in [7, 11) is 2.02. The monoisotopic (exact) mass is 202 g/mol. The van der Waals surface area contributed by atoms with Gasteiger partial charge in [-0.15, -0.1) is 0 Å². The number of nitrogens with two attached hydrogens (primary N) is 1. The van der Waals surface area contributed by atoms with Crippen LogP contribution in [0, 0.1) is 5.41 Å². The molecule has 0 rings (SSSR count). The zero-order valence-corrected chi connectivity index (χ0v) is 10.2. The second kappa shape index (κ2) is 5.69. The molecule has 0 aromatic rings. The van der Waals surface area contributed by atoms with Crippen LogP contribution in [0.15, 0.2) is 0 Å². The van der Waals surface area contributed by atoms with E-state index in [9.17, 15) is 0 Å². The highest BCUT2D eigenvalue weighted by Gasteiger charge is 2.21. The molecule has 0 aliphatic carbocycles. The van der Waals surface area contributed by atoms with Crippen molar-refractivity contribution in [2.75, 3.05) is 20.2 Å². The van der Waals surface area contributed by atoms with Crippen LogP contribution in [0.4, 0.5) is 0 Å². The van der Waals surface area contributed by atoms with Crippen molar-refractivity contribution in [3.8, 4) is 0 Å². The quantitative estimate of drug-likeness (QED) is 0.701. The fraction of sp³-hybridized carbons (Fsp3) is 1.00. The molecule has 0 aliphatic rings. The summed E-state index contributed by atoms with van der Waals surface area (Å²) >= 11 is 0. The van der Waals surface area contributed by atoms with E-state index in [4.69, 9.17) is 10.8 Å². The van der Waals surface area contributed by atoms with Crippen molar-refractivity contribution >= 4 is 0 Å². The third-order valence-corrected chi connectivity index (χ3v) is 2.92. The molecular formula is C11H26N2O. The molecule has 0 fully saturated rings. The average molecular weight is 202 g/mol. The average Bonchev–Trinajstić information content (AvgIpc) is 2.10. The van der Waals surface area contributed by atoms with E-state index in [0.717, 1.165) is 13.0 Å². The normalized spacial score (nSPS) is 17.1. The van der Waals surface area contributed by atoms with Crippen molar-refractivity contribution in [1.29, 1.82) is 0 Å². The van der Waals surface area contributed by atoms with Crippen LogP contribution in [0.25, 0.3) is 0 Å². The summed E-state index contributed by atoms with van der Waals surface area (Å²) in [5.74, 6) is 0. The highest BCUT2D eigenvalue weighted by Crippen LogP contribution is 2.19. The molecular weight excluding hydrogens is 176 g/mol. The van der Waals surface area contributed by atoms with E-state index in [-0.39, 0.29) is 24.1 Å². The number of aliphatic hydroxyl groups is 1. The van der Waals surface area contributed by atoms with E-state index in [1.165, 1.54) is 0 Å². The molecule has 0 aromatic heterocycles. The van der Waals surface area contributed by atoms with Crippen molar-refractivity contribution in [1.82, 2.24) is 4.90 Å². The third kappa shape index (κ3) is 4.94. The maximum atomic E-state index is 8.96. The molecule has 0 saturated heterocycles. The summed E-state index contributed by atoms with van der Waals surface area (Å²) in [6.45, 7) is 9.65. The van der Waals surface area contributed by atoms with Crippen LogP contribution in [0.5, 0.6) is 0 Å². The van der Waals surface area contributed by atoms with Gasteiger partial charge in [-0.2, -0.15) is 0 Å². The van der Waals surface area contributed by atoms with Crippen molar-refractivity contribution in [2.45, 2.75) is 46.2 Å². The SMILES string of the molecule is CC(CO)N(C)CCC(N)C(C)(C)C. The largest absolute Gasteiger partial charge is 0.395 e. The number of aliphatic hydroxyl groups excluding tert-OH is 1. The molecule has 0 spiro atoms. The van der Waals surface area contributed by atoms with Gasteiger partial charge in [0.25, 0.3) is 0 Å². The van der Waals surface area contributed by atoms with Crippen molar-refractivity contribution < 1.29 is 5.11 Å². The first kappa shape index (κ1) is 13.9. The molecule has 3 N–H and O–H groups in total. The van der Waals surface area contributed by atoms with E-state index >= 15 is 0 Å². The number of rotatable bonds is 5. The third-order valence-electron chi connectivity index (χ3n) is 2.92. The summed E-state index contributed by atoms with van der Waals surface area (Å²) in [5, 5.41) is 8.96. The Kier molecular flexibility index (Phi) is 5.64. The van der Waals surface area contributed by atoms with E-state index in [2.05, 4.69) is 25.7 Å². The van der Waals surface area contributed by atoms with E-state index in [1.54, 1.807) is 0 Å². The Hall–Kier alpha value is -0.120. The second-order valence-corrected chi connectivity index (χ2v) is 5.27. The number of hydrogen-bond acceptors (Lipinski definition) is 3. The Morgan fingerprint density at radius 2 is 1.86 bits per heavy atom. The standard InChI is InChI=1S/C11H26N2O/c1-9(8-14)13(5)7-6-10(12)11(2,3)4/h9-10,14H,6-8,12H2,1-5H3. The smallest absolute Gasteiger partial charge is 0.0584 e. The molecule has 0 bridgehead atoms. The molecule has 3 heteroatoms. The Morgan fingerprint density at radius 1 is 1.36 bits per heavy atom. The highest BCUT2D eigenvalue weighted by atomic mass is 16.3. The summed E-state index contributed by atoms with van der Waals surface area (Å²) in [5.41, 5.74) is 6.22. The predicted molar refractivity (Wildman–Crippen MR) is 61.2 cm³/mol. The minimum absolute atomic E-state index is 0.170. The second-order valence-electron chi connectivity index (χ2n) is 5.27. The molecule has 0 amide bonds. The lowest BCUT2D eigenvalue weighted by molar-refractivity contribution is 0.149. The van der Waals surface area contributed by atoms with Crippen molar-refractivity contribution in [3.63, 3.8) is 0 Å². The van der Waals surface area contributed by atoms with Gasteiger partial charge in [-0.1, -0.05) is 20.8 Å². The zero-order valence-electron chi connectivity index (χ0n) is 10.2. The number of likely N-dealkylation sites (N-methyl/N-ethyl adjacent to an activating group) is 1. The maximum Gasteiger partial charge on any atom is 0.0584 e. The Bertz CT molecular complexity index is 154. The lowest BCUT2D eigenvalue weighted by Gasteiger charge is -2.30. The summed E-state index contributed by atoms with van der Waals surface area (Å²) in [6, 6.07) is 0.443. The van der Waals surface area contributed by atoms with Gasteiger partial charge in [0.1, 0.15) is 0 Å². The maximum absolute atomic E-state index is 8.96. The highest BCUT2D eigenvalue weighted by molar-refractivity contribution is 4.78. The minimum atomic E-state index is 0.170. The first-order valence-corrected chi connectivity index (χ1v) is 5.35. The molecule has 2 atom stereocenters. The van der Waals surface area contributed by atoms with Crippen LogP contribution in [0.2, 0.25) is 0 Å². The minimum Gasteiger partial charge on any atom is -0.395 e. The molecule has 0 radical (unpaired) electrons. The molecule has 3 nitrogen and oxygen atoms in total. The van der Waals surface area contributed by atoms with Gasteiger partial charge < -0.3 is 15.7 Å². The molecule has 0 heterocycles. The van der Waals surface area contributed by atoms with E-state index in [0.29, 0.717) is 0 Å². The molecule has 0 aliphatic heterocycles. The molecule has 86 valence electrons. The first-order chi connectivity index (χ1) is 6.29. The van der Waals surface area contributed by atoms with Gasteiger partial charge >= 0.3 is 0 Å². The van der Waals surface area contributed by atoms with Gasteiger partial charge in [-0.3, -0.25) is 0 Å². The number of nitrogens with zero attached hydrogens (tertiary/aromatic N) is 1. The van der Waals surface area contributed by atoms with Gasteiger partial charge in [0.05, 0.1) is 6.61 Å². The van der Waals surface area contributed by atoms with Crippen LogP contribution in [0.3, 0.4) is 0 Å². The fourth-order valence-corrected chi connectivity index (χ4v) is 1.14. The van der Waals surface area contributed by atoms with Crippen LogP contribution >= 0.6 is 0 Å². The van der Waals surface area contributed by atoms with Gasteiger partial charge in [0, 0.05) is 12.1 Å². The summed E-state index contributed by atoms with van der Waals surface area (Å²) in [6.07, 6.45) is 0.977. The lowest BCUT2D eigenvalue weighted by atomic mass is 9.85. The van der Waals surface area contributed by atoms with E-state index < -0.39 is 0 Å². The summed E-state index contributed by atoms with van der Waals surface area (Å²) in [4.78, 5) is 2.14. The Labute approximate surface area is 88.3 Å². The van der Waals surface area contributed by atoms with Crippen LogP contribution in [-0.2, 0) is 0 Å². The van der Waals surface area contributed by atoms with Crippen LogP contribution in [0.1, 0.15) is 34.1 Å². The number of hydrogen-bond donors (Lipinski definition) is 2. The van der Waals surface area contributed by atoms with Crippen LogP contribution in [-0.4, -0.2) is 42.3 Å². The lowest BCUT2D eigenvalue weighted by Crippen LogP contribution is -2.40. The van der Waals surface area contributed by atoms with Gasteiger partial charge in [0.15, 0.2) is 0 Å². The van der Waals surface area contributed by atoms with Gasteiger partial charge in [-0.25, -0.2) is 0 Å². The van der Waals surface area contributed by atoms with Gasteiger partial charge in [0.2, 0.25) is 0 Å². The van der Waals surface area contributed by atoms with Crippen LogP contribution < -0.4 is 5.73 Å². The van der Waals surface area contributed by atoms with Gasteiger partial charge in [-0.05, 0) is 32.4 Å². The van der Waals surface area contributed by atoms with Crippen molar-refractivity contribution in [3.05, 3.63) is 0 Å². The van der Waals surface area contributed by atoms with Crippen molar-refractivity contribution in [2.24, 2.45) is 11.1 Å². The molecule has 0 saturated carbocycles. The Morgan fingerprint density at radius 3 is 2.21 bits per heavy atom. The summed E-state index contributed by atoms with van der Waals surface area (Å²) < 4.78 is 0. The van der Waals surface area contributed by atoms with E-state index in [1.807, 2.05) is 14.0 Å². The Balaban J connectivity index is 3.83. The first-order valence-electron chi connectivity index (χ1n) is 5.35. The topological polar surface area (TPSA) is 49.5 Å². The zero-order chi connectivity index (χ0) is 11.4. The molecule has 14 heavy (non-hydrogen) atoms. The molecule has 2 unspecified atom stereocenters. The molecule has 0 aromatic carbocycles. The predicted octanol–water partition coefficient (Wildman–Crippen LogP) is 1.06. The fourth-order valence-electron chi connectivity index (χ4n) is 1.14.